The highest BCUT2D eigenvalue weighted by Gasteiger charge is 2.45. The third kappa shape index (κ3) is 12.1. The van der Waals surface area contributed by atoms with Crippen molar-refractivity contribution < 1.29 is 37.0 Å². The van der Waals surface area contributed by atoms with Crippen LogP contribution in [0.15, 0.2) is 70.8 Å². The van der Waals surface area contributed by atoms with E-state index in [1.54, 1.807) is 12.1 Å². The van der Waals surface area contributed by atoms with Gasteiger partial charge in [0.25, 0.3) is 0 Å². The van der Waals surface area contributed by atoms with E-state index < -0.39 is 27.1 Å². The quantitative estimate of drug-likeness (QED) is 0.102. The van der Waals surface area contributed by atoms with Crippen LogP contribution in [0.2, 0.25) is 0 Å². The number of ether oxygens (including phenoxy) is 3. The molecule has 0 radical (unpaired) electrons. The Kier molecular flexibility index (Phi) is 13.8. The number of esters is 1. The lowest BCUT2D eigenvalue weighted by atomic mass is 9.90. The van der Waals surface area contributed by atoms with Crippen LogP contribution in [0.5, 0.6) is 5.75 Å². The highest BCUT2D eigenvalue weighted by atomic mass is 32.2. The Morgan fingerprint density at radius 3 is 2.38 bits per heavy atom. The second-order valence-electron chi connectivity index (χ2n) is 15.6. The molecule has 2 heterocycles. The Labute approximate surface area is 324 Å². The fraction of sp³-hybridized carbons (Fsp3) is 0.537. The summed E-state index contributed by atoms with van der Waals surface area (Å²) in [7, 11) is -3.93. The molecule has 5 rings (SSSR count). The second-order valence-corrected chi connectivity index (χ2v) is 17.5. The van der Waals surface area contributed by atoms with Crippen molar-refractivity contribution >= 4 is 39.2 Å². The molecule has 0 spiro atoms. The van der Waals surface area contributed by atoms with Gasteiger partial charge in [0.05, 0.1) is 36.4 Å². The minimum Gasteiger partial charge on any atom is -0.494 e. The van der Waals surface area contributed by atoms with Crippen LogP contribution < -0.4 is 20.3 Å². The summed E-state index contributed by atoms with van der Waals surface area (Å²) in [6.45, 7) is 11.9. The number of Topliss-reactive ketones (excluding diaryl/α,β-unsaturated/α-hetero) is 1. The van der Waals surface area contributed by atoms with Gasteiger partial charge in [-0.15, -0.1) is 0 Å². The molecular formula is C41H55N5O8S. The SMILES string of the molecule is CCOC(=O)C1CC1c1ccc(OCCCCCC(=O)CCNc2cccc(S(=O)(=O)c3cnc(N4CCC(C)(NC(=O)OC(C)(C)C)CC4)cn3)c2)cc1. The smallest absolute Gasteiger partial charge is 0.408 e. The van der Waals surface area contributed by atoms with Crippen molar-refractivity contribution in [2.45, 2.75) is 113 Å². The summed E-state index contributed by atoms with van der Waals surface area (Å²) in [6, 6.07) is 14.4. The first-order valence-corrected chi connectivity index (χ1v) is 20.7. The molecule has 14 heteroatoms. The van der Waals surface area contributed by atoms with E-state index in [-0.39, 0.29) is 33.5 Å². The minimum absolute atomic E-state index is 0.0315. The van der Waals surface area contributed by atoms with Gasteiger partial charge in [0, 0.05) is 43.7 Å². The van der Waals surface area contributed by atoms with Gasteiger partial charge in [-0.25, -0.2) is 23.2 Å². The molecule has 2 atom stereocenters. The maximum absolute atomic E-state index is 13.4. The highest BCUT2D eigenvalue weighted by Crippen LogP contribution is 2.48. The van der Waals surface area contributed by atoms with Crippen molar-refractivity contribution in [3.8, 4) is 5.75 Å². The Morgan fingerprint density at radius 1 is 0.964 bits per heavy atom. The number of alkyl carbamates (subject to hydrolysis) is 1. The Bertz CT molecular complexity index is 1870. The minimum atomic E-state index is -3.93. The largest absolute Gasteiger partial charge is 0.494 e. The lowest BCUT2D eigenvalue weighted by Gasteiger charge is -2.40. The Hall–Kier alpha value is -4.72. The number of benzene rings is 2. The van der Waals surface area contributed by atoms with E-state index in [0.29, 0.717) is 70.0 Å². The monoisotopic (exact) mass is 777 g/mol. The number of sulfone groups is 1. The summed E-state index contributed by atoms with van der Waals surface area (Å²) in [5.74, 6) is 1.58. The van der Waals surface area contributed by atoms with Gasteiger partial charge in [-0.05, 0) is 115 Å². The van der Waals surface area contributed by atoms with Gasteiger partial charge in [-0.3, -0.25) is 9.59 Å². The molecule has 1 aliphatic carbocycles. The van der Waals surface area contributed by atoms with Gasteiger partial charge >= 0.3 is 12.1 Å². The second kappa shape index (κ2) is 18.3. The molecule has 1 saturated heterocycles. The van der Waals surface area contributed by atoms with Crippen LogP contribution in [0.3, 0.4) is 0 Å². The van der Waals surface area contributed by atoms with Gasteiger partial charge in [-0.1, -0.05) is 18.2 Å². The molecule has 2 fully saturated rings. The number of anilines is 2. The van der Waals surface area contributed by atoms with Crippen molar-refractivity contribution in [3.05, 3.63) is 66.5 Å². The van der Waals surface area contributed by atoms with Crippen molar-refractivity contribution in [3.63, 3.8) is 0 Å². The molecule has 1 amide bonds. The molecule has 1 aromatic heterocycles. The van der Waals surface area contributed by atoms with Crippen LogP contribution >= 0.6 is 0 Å². The van der Waals surface area contributed by atoms with Crippen molar-refractivity contribution in [2.75, 3.05) is 43.1 Å². The number of hydrogen-bond acceptors (Lipinski definition) is 12. The van der Waals surface area contributed by atoms with Crippen molar-refractivity contribution in [1.29, 1.82) is 0 Å². The third-order valence-corrected chi connectivity index (χ3v) is 11.5. The molecule has 3 aromatic rings. The van der Waals surface area contributed by atoms with E-state index in [2.05, 4.69) is 20.6 Å². The molecular weight excluding hydrogens is 723 g/mol. The summed E-state index contributed by atoms with van der Waals surface area (Å²) in [4.78, 5) is 47.5. The van der Waals surface area contributed by atoms with E-state index in [9.17, 15) is 22.8 Å². The summed E-state index contributed by atoms with van der Waals surface area (Å²) < 4.78 is 43.3. The van der Waals surface area contributed by atoms with Crippen LogP contribution in [0, 0.1) is 5.92 Å². The molecule has 1 saturated carbocycles. The summed E-state index contributed by atoms with van der Waals surface area (Å²) in [6.07, 6.45) is 7.74. The first-order valence-electron chi connectivity index (χ1n) is 19.2. The van der Waals surface area contributed by atoms with Crippen molar-refractivity contribution in [1.82, 2.24) is 15.3 Å². The highest BCUT2D eigenvalue weighted by molar-refractivity contribution is 7.91. The number of piperidine rings is 1. The summed E-state index contributed by atoms with van der Waals surface area (Å²) in [5.41, 5.74) is 0.714. The van der Waals surface area contributed by atoms with Crippen molar-refractivity contribution in [2.24, 2.45) is 5.92 Å². The standard InChI is InChI=1S/C41H55N5O8S/c1-6-52-38(48)35-26-34(35)29-14-16-32(17-15-29)53-24-9-7-8-12-31(47)18-21-42-30-11-10-13-33(25-30)55(50,51)37-28-43-36(27-44-37)46-22-19-41(5,20-23-46)45-39(49)54-40(2,3)4/h10-11,13-17,25,27-28,34-35,42H,6-9,12,18-24,26H2,1-5H3,(H,45,49). The molecule has 2 unspecified atom stereocenters. The molecule has 2 N–H and O–H groups in total. The molecule has 13 nitrogen and oxygen atoms in total. The number of amides is 1. The maximum Gasteiger partial charge on any atom is 0.408 e. The maximum atomic E-state index is 13.4. The lowest BCUT2D eigenvalue weighted by molar-refractivity contribution is -0.144. The van der Waals surface area contributed by atoms with Crippen LogP contribution in [-0.4, -0.2) is 80.2 Å². The number of carbonyl (C=O) groups is 3. The molecule has 55 heavy (non-hydrogen) atoms. The fourth-order valence-electron chi connectivity index (χ4n) is 6.56. The average Bonchev–Trinajstić information content (AvgIpc) is 3.94. The summed E-state index contributed by atoms with van der Waals surface area (Å²) in [5, 5.41) is 6.00. The predicted octanol–water partition coefficient (Wildman–Crippen LogP) is 6.87. The Balaban J connectivity index is 0.982. The van der Waals surface area contributed by atoms with Crippen LogP contribution in [0.4, 0.5) is 16.3 Å². The van der Waals surface area contributed by atoms with Gasteiger partial charge in [0.15, 0.2) is 5.03 Å². The Morgan fingerprint density at radius 2 is 1.71 bits per heavy atom. The van der Waals surface area contributed by atoms with E-state index in [4.69, 9.17) is 14.2 Å². The predicted molar refractivity (Wildman–Crippen MR) is 209 cm³/mol. The zero-order chi connectivity index (χ0) is 39.6. The number of nitrogens with one attached hydrogen (secondary N) is 2. The van der Waals surface area contributed by atoms with Gasteiger partial charge < -0.3 is 29.7 Å². The number of carbonyl (C=O) groups excluding carboxylic acids is 3. The van der Waals surface area contributed by atoms with Crippen LogP contribution in [0.25, 0.3) is 0 Å². The first kappa shape index (κ1) is 41.4. The topological polar surface area (TPSA) is 166 Å². The zero-order valence-electron chi connectivity index (χ0n) is 32.6. The van der Waals surface area contributed by atoms with E-state index in [1.807, 2.05) is 63.8 Å². The third-order valence-electron chi connectivity index (χ3n) is 9.82. The fourth-order valence-corrected chi connectivity index (χ4v) is 7.72. The zero-order valence-corrected chi connectivity index (χ0v) is 33.5. The molecule has 298 valence electrons. The molecule has 2 aromatic carbocycles. The van der Waals surface area contributed by atoms with E-state index in [0.717, 1.165) is 37.0 Å². The average molecular weight is 778 g/mol. The molecule has 1 aliphatic heterocycles. The number of unbranched alkanes of at least 4 members (excludes halogenated alkanes) is 2. The number of aromatic nitrogens is 2. The number of nitrogens with zero attached hydrogens (tertiary/aromatic N) is 3. The number of ketones is 1. The molecule has 0 bridgehead atoms. The summed E-state index contributed by atoms with van der Waals surface area (Å²) >= 11 is 0. The van der Waals surface area contributed by atoms with Crippen LogP contribution in [0.1, 0.15) is 97.5 Å². The van der Waals surface area contributed by atoms with Gasteiger partial charge in [-0.2, -0.15) is 0 Å². The molecule has 2 aliphatic rings. The van der Waals surface area contributed by atoms with Crippen LogP contribution in [-0.2, 0) is 28.9 Å². The normalized spacial score (nSPS) is 17.9. The van der Waals surface area contributed by atoms with Gasteiger partial charge in [0.2, 0.25) is 9.84 Å². The number of hydrogen-bond donors (Lipinski definition) is 2. The number of rotatable bonds is 18. The first-order chi connectivity index (χ1) is 26.2. The van der Waals surface area contributed by atoms with E-state index in [1.165, 1.54) is 24.5 Å². The van der Waals surface area contributed by atoms with Gasteiger partial charge in [0.1, 0.15) is 23.0 Å². The lowest BCUT2D eigenvalue weighted by Crippen LogP contribution is -2.54. The van der Waals surface area contributed by atoms with E-state index >= 15 is 0 Å².